The third kappa shape index (κ3) is 37.1. The number of carboxylic acid groups (broad SMARTS) is 1. The number of piperazine rings is 6. The number of likely N-dealkylation sites (tertiary alicyclic amines) is 2. The van der Waals surface area contributed by atoms with Gasteiger partial charge in [0.1, 0.15) is 6.04 Å². The van der Waals surface area contributed by atoms with Crippen molar-refractivity contribution in [1.29, 1.82) is 0 Å². The number of nitrogens with one attached hydrogen (secondary N) is 9. The molecule has 10 N–H and O–H groups in total. The Bertz CT molecular complexity index is 2200. The smallest absolute Gasteiger partial charge is 0.320 e. The van der Waals surface area contributed by atoms with Gasteiger partial charge in [-0.25, -0.2) is 0 Å². The average Bonchev–Trinajstić information content (AvgIpc) is 1.67. The van der Waals surface area contributed by atoms with Crippen molar-refractivity contribution in [2.24, 2.45) is 17.8 Å². The number of rotatable bonds is 14. The van der Waals surface area contributed by atoms with Crippen LogP contribution < -0.4 is 47.9 Å². The fourth-order valence-electron chi connectivity index (χ4n) is 15.8. The lowest BCUT2D eigenvalue weighted by molar-refractivity contribution is -0.142. The molecule has 19 heteroatoms. The van der Waals surface area contributed by atoms with Gasteiger partial charge in [0, 0.05) is 221 Å². The van der Waals surface area contributed by atoms with Crippen molar-refractivity contribution >= 4 is 11.9 Å². The summed E-state index contributed by atoms with van der Waals surface area (Å²) in [6.07, 6.45) is 6.09. The van der Waals surface area contributed by atoms with E-state index in [2.05, 4.69) is 258 Å². The van der Waals surface area contributed by atoms with E-state index in [9.17, 15) is 9.59 Å². The van der Waals surface area contributed by atoms with Gasteiger partial charge in [-0.1, -0.05) is 110 Å². The molecular formula is C83H178N16O3. The third-order valence-corrected chi connectivity index (χ3v) is 21.6. The lowest BCUT2D eigenvalue weighted by Crippen LogP contribution is -2.58. The fourth-order valence-corrected chi connectivity index (χ4v) is 15.8. The maximum atomic E-state index is 11.3. The first-order chi connectivity index (χ1) is 45.3. The van der Waals surface area contributed by atoms with Crippen molar-refractivity contribution in [3.8, 4) is 0 Å². The Labute approximate surface area is 634 Å². The van der Waals surface area contributed by atoms with Gasteiger partial charge in [0.2, 0.25) is 5.91 Å². The van der Waals surface area contributed by atoms with Crippen LogP contribution in [-0.4, -0.2) is 290 Å². The Morgan fingerprint density at radius 3 is 1.43 bits per heavy atom. The van der Waals surface area contributed by atoms with Gasteiger partial charge in [0.05, 0.1) is 6.04 Å². The van der Waals surface area contributed by atoms with E-state index in [1.807, 2.05) is 13.8 Å². The highest BCUT2D eigenvalue weighted by Gasteiger charge is 2.40. The number of benzene rings is 1. The highest BCUT2D eigenvalue weighted by Crippen LogP contribution is 2.31. The Morgan fingerprint density at radius 2 is 1.01 bits per heavy atom. The first-order valence-corrected chi connectivity index (χ1v) is 38.9. The van der Waals surface area contributed by atoms with Gasteiger partial charge in [-0.2, -0.15) is 0 Å². The highest BCUT2D eigenvalue weighted by molar-refractivity contribution is 5.81. The average molecular weight is 1450 g/mol. The predicted octanol–water partition coefficient (Wildman–Crippen LogP) is 11.0. The van der Waals surface area contributed by atoms with E-state index in [-0.39, 0.29) is 62.6 Å². The maximum absolute atomic E-state index is 11.3. The summed E-state index contributed by atoms with van der Waals surface area (Å²) < 4.78 is 0. The second kappa shape index (κ2) is 53.4. The molecule has 1 aromatic rings. The molecule has 9 aliphatic heterocycles. The Kier molecular flexibility index (Phi) is 54.3. The summed E-state index contributed by atoms with van der Waals surface area (Å²) in [4.78, 5) is 39.4. The van der Waals surface area contributed by atoms with E-state index in [1.165, 1.54) is 90.3 Å². The molecule has 1 aromatic carbocycles. The van der Waals surface area contributed by atoms with Gasteiger partial charge in [0.25, 0.3) is 0 Å². The van der Waals surface area contributed by atoms with Crippen molar-refractivity contribution in [2.75, 3.05) is 118 Å². The van der Waals surface area contributed by atoms with E-state index in [0.717, 1.165) is 101 Å². The van der Waals surface area contributed by atoms with E-state index in [1.54, 1.807) is 7.05 Å². The fraction of sp³-hybridized carbons (Fsp3) is 0.904. The zero-order valence-electron chi connectivity index (χ0n) is 66.1. The number of carbonyl (C=O) groups excluding carboxylic acids is 1. The number of hydrogen-bond acceptors (Lipinski definition) is 17. The lowest BCUT2D eigenvalue weighted by atomic mass is 10.0. The van der Waals surface area contributed by atoms with Gasteiger partial charge in [0.15, 0.2) is 0 Å². The van der Waals surface area contributed by atoms with Crippen LogP contribution in [0.1, 0.15) is 235 Å². The van der Waals surface area contributed by atoms with Crippen molar-refractivity contribution in [2.45, 2.75) is 357 Å². The zero-order chi connectivity index (χ0) is 71.5. The van der Waals surface area contributed by atoms with Crippen molar-refractivity contribution < 1.29 is 14.7 Å². The molecule has 10 fully saturated rings. The second-order valence-electron chi connectivity index (χ2n) is 33.0. The molecule has 2 unspecified atom stereocenters. The van der Waals surface area contributed by atoms with Crippen LogP contribution in [0.3, 0.4) is 0 Å². The van der Waals surface area contributed by atoms with E-state index >= 15 is 0 Å². The topological polar surface area (TPSA) is 185 Å². The molecule has 9 heterocycles. The molecular weight excluding hydrogens is 1270 g/mol. The van der Waals surface area contributed by atoms with Crippen molar-refractivity contribution in [1.82, 2.24) is 82.2 Å². The monoisotopic (exact) mass is 1450 g/mol. The Hall–Kier alpha value is -2.44. The number of fused-ring (bicyclic) bond motifs is 4. The molecule has 14 atom stereocenters. The molecule has 1 saturated carbocycles. The SMILES string of the molecule is C.C.C.C.C.C.CC(C)N1CCN[C@H](Cc2ccccc2)C1.CC(C)N1C[C@@H](C)C[C@@H]1C(=O)O.CC(C)N1C[C@@H]2C[C@H]1CN2.CC(C)N1C[C@H](C)NC[C@H]1C.CC(C)N[C@H]1C[C@H]2C[C@@H]1CN2.CC(C)[C@H]1CN(C(C)C)CCN1.CC1CN(C(C)C)CC(C)N1.CNC(=O)[C@H]1CN(C(C)C)CCN1. The molecule has 1 aliphatic carbocycles. The predicted molar refractivity (Wildman–Crippen MR) is 448 cm³/mol. The first-order valence-electron chi connectivity index (χ1n) is 38.9. The van der Waals surface area contributed by atoms with Crippen LogP contribution in [0.5, 0.6) is 0 Å². The summed E-state index contributed by atoms with van der Waals surface area (Å²) in [6.45, 7) is 70.6. The molecule has 608 valence electrons. The van der Waals surface area contributed by atoms with Gasteiger partial charge in [-0.05, 0) is 187 Å². The standard InChI is InChI=1S/C14H22N2.C10H22N2.C9H19N3O.C9H18N2.2C9H20N2.C9H17NO2.C8H16N2.6CH4/c1-12(2)16-9-8-15-14(11-16)10-13-6-4-3-5-7-13;1-8(2)10-7-12(9(3)4)6-5-11-10;1-7(2)12-5-4-11-8(6-12)9(13)10-3;1-6(2)11-9-4-8-3-7(9)5-10-8;1-7(2)11-6-8(3)10-5-9(11)4;1-7(2)11-5-8(3)10-9(4)6-11;1-6(2)10-5-7(3)4-8(10)9(11)12;1-6(2)10-5-7-3-8(10)4-9-7;;;;;;/h3-7,12,14-15H,8-11H2,1-2H3;8-11H,5-7H2,1-4H3;7-8,11H,4-6H2,1-3H3,(H,10,13);6-11H,3-5H2,1-2H3;2*7-10H,5-6H2,1-4H3;6-8H,4-5H2,1-3H3,(H,11,12);6-9H,3-5H2,1-2H3;6*1H4/t14-;10-;8-;7-,8-,9+;8-,9+;;7-,8+;7-,8-;;;;;;/m11110.00....../s1. The summed E-state index contributed by atoms with van der Waals surface area (Å²) in [6, 6.07) is 22.8. The first kappa shape index (κ1) is 104. The summed E-state index contributed by atoms with van der Waals surface area (Å²) in [5, 5.41) is 39.6. The number of piperidine rings is 1. The molecule has 102 heavy (non-hydrogen) atoms. The van der Waals surface area contributed by atoms with Crippen LogP contribution in [0.15, 0.2) is 30.3 Å². The Morgan fingerprint density at radius 1 is 0.490 bits per heavy atom. The lowest BCUT2D eigenvalue weighted by Gasteiger charge is -2.40. The number of carboxylic acids is 1. The molecule has 1 amide bonds. The number of nitrogens with zero attached hydrogens (tertiary/aromatic N) is 7. The van der Waals surface area contributed by atoms with Gasteiger partial charge in [-0.3, -0.25) is 43.9 Å². The maximum Gasteiger partial charge on any atom is 0.320 e. The van der Waals surface area contributed by atoms with Gasteiger partial charge >= 0.3 is 5.97 Å². The van der Waals surface area contributed by atoms with Crippen LogP contribution in [0.4, 0.5) is 0 Å². The number of hydrogen-bond donors (Lipinski definition) is 10. The quantitative estimate of drug-likeness (QED) is 0.0847. The molecule has 0 radical (unpaired) electrons. The minimum atomic E-state index is -0.673. The van der Waals surface area contributed by atoms with Crippen LogP contribution >= 0.6 is 0 Å². The summed E-state index contributed by atoms with van der Waals surface area (Å²) in [7, 11) is 1.68. The van der Waals surface area contributed by atoms with E-state index in [4.69, 9.17) is 5.11 Å². The molecule has 0 spiro atoms. The summed E-state index contributed by atoms with van der Waals surface area (Å²) in [5.74, 6) is 1.61. The molecule has 19 nitrogen and oxygen atoms in total. The normalized spacial score (nSPS) is 29.5. The van der Waals surface area contributed by atoms with Gasteiger partial charge in [-0.15, -0.1) is 0 Å². The molecule has 0 aromatic heterocycles. The second-order valence-corrected chi connectivity index (χ2v) is 33.0. The van der Waals surface area contributed by atoms with Crippen LogP contribution in [-0.2, 0) is 16.0 Å². The minimum absolute atomic E-state index is 0. The number of carbonyl (C=O) groups is 2. The number of likely N-dealkylation sites (N-methyl/N-ethyl adjacent to an activating group) is 1. The van der Waals surface area contributed by atoms with Crippen molar-refractivity contribution in [3.05, 3.63) is 35.9 Å². The minimum Gasteiger partial charge on any atom is -0.480 e. The van der Waals surface area contributed by atoms with Crippen LogP contribution in [0.2, 0.25) is 0 Å². The molecule has 10 aliphatic rings. The largest absolute Gasteiger partial charge is 0.480 e. The van der Waals surface area contributed by atoms with Gasteiger partial charge < -0.3 is 53.0 Å². The highest BCUT2D eigenvalue weighted by atomic mass is 16.4. The summed E-state index contributed by atoms with van der Waals surface area (Å²) >= 11 is 0. The Balaban J connectivity index is -0.00000109. The zero-order valence-corrected chi connectivity index (χ0v) is 66.1. The van der Waals surface area contributed by atoms with Crippen LogP contribution in [0, 0.1) is 17.8 Å². The molecule has 11 rings (SSSR count). The molecule has 9 saturated heterocycles. The number of amides is 1. The summed E-state index contributed by atoms with van der Waals surface area (Å²) in [5.41, 5.74) is 1.44. The van der Waals surface area contributed by atoms with E-state index in [0.29, 0.717) is 84.5 Å². The van der Waals surface area contributed by atoms with Crippen molar-refractivity contribution in [3.63, 3.8) is 0 Å². The number of aliphatic carboxylic acids is 1. The third-order valence-electron chi connectivity index (χ3n) is 21.6. The van der Waals surface area contributed by atoms with Crippen LogP contribution in [0.25, 0.3) is 0 Å². The molecule has 4 bridgehead atoms. The van der Waals surface area contributed by atoms with E-state index < -0.39 is 5.97 Å².